The van der Waals surface area contributed by atoms with E-state index in [4.69, 9.17) is 5.73 Å². The SMILES string of the molecule is Nc1cc(Br)cc2nc(C(F)(F)C(F)(F)F)oc12. The Kier molecular flexibility index (Phi) is 2.76. The van der Waals surface area contributed by atoms with Crippen molar-refractivity contribution >= 4 is 32.7 Å². The lowest BCUT2D eigenvalue weighted by Gasteiger charge is -2.15. The van der Waals surface area contributed by atoms with Crippen LogP contribution in [0.5, 0.6) is 0 Å². The number of halogens is 6. The highest BCUT2D eigenvalue weighted by atomic mass is 79.9. The molecule has 0 unspecified atom stereocenters. The number of hydrogen-bond acceptors (Lipinski definition) is 3. The molecule has 98 valence electrons. The van der Waals surface area contributed by atoms with Gasteiger partial charge in [-0.15, -0.1) is 0 Å². The first-order valence-corrected chi connectivity index (χ1v) is 5.23. The van der Waals surface area contributed by atoms with Gasteiger partial charge < -0.3 is 10.2 Å². The smallest absolute Gasteiger partial charge is 0.432 e. The summed E-state index contributed by atoms with van der Waals surface area (Å²) < 4.78 is 67.2. The van der Waals surface area contributed by atoms with Crippen LogP contribution >= 0.6 is 15.9 Å². The number of rotatable bonds is 1. The molecule has 2 rings (SSSR count). The minimum absolute atomic E-state index is 0.0869. The molecule has 0 spiro atoms. The van der Waals surface area contributed by atoms with Crippen molar-refractivity contribution in [2.45, 2.75) is 12.1 Å². The third-order valence-corrected chi connectivity index (χ3v) is 2.57. The van der Waals surface area contributed by atoms with Gasteiger partial charge in [0.25, 0.3) is 5.89 Å². The molecule has 1 aromatic heterocycles. The highest BCUT2D eigenvalue weighted by Crippen LogP contribution is 2.44. The van der Waals surface area contributed by atoms with Crippen LogP contribution in [0.25, 0.3) is 11.1 Å². The van der Waals surface area contributed by atoms with E-state index in [-0.39, 0.29) is 16.8 Å². The van der Waals surface area contributed by atoms with Crippen molar-refractivity contribution in [1.29, 1.82) is 0 Å². The van der Waals surface area contributed by atoms with Gasteiger partial charge in [-0.25, -0.2) is 4.98 Å². The largest absolute Gasteiger partial charge is 0.463 e. The Bertz CT molecular complexity index is 607. The number of nitrogen functional groups attached to an aromatic ring is 1. The predicted molar refractivity (Wildman–Crippen MR) is 56.1 cm³/mol. The molecule has 3 nitrogen and oxygen atoms in total. The molecular weight excluding hydrogens is 327 g/mol. The second-order valence-electron chi connectivity index (χ2n) is 3.43. The summed E-state index contributed by atoms with van der Waals surface area (Å²) >= 11 is 3.01. The van der Waals surface area contributed by atoms with Gasteiger partial charge in [0.05, 0.1) is 5.69 Å². The molecule has 0 saturated carbocycles. The maximum Gasteiger partial charge on any atom is 0.463 e. The van der Waals surface area contributed by atoms with E-state index in [2.05, 4.69) is 25.3 Å². The molecule has 1 heterocycles. The number of benzene rings is 1. The van der Waals surface area contributed by atoms with E-state index >= 15 is 0 Å². The van der Waals surface area contributed by atoms with Crippen molar-refractivity contribution in [2.75, 3.05) is 5.73 Å². The van der Waals surface area contributed by atoms with Crippen LogP contribution in [-0.2, 0) is 5.92 Å². The Morgan fingerprint density at radius 3 is 2.33 bits per heavy atom. The van der Waals surface area contributed by atoms with Gasteiger partial charge in [0.15, 0.2) is 5.58 Å². The Balaban J connectivity index is 2.65. The van der Waals surface area contributed by atoms with E-state index in [0.29, 0.717) is 4.47 Å². The van der Waals surface area contributed by atoms with Crippen LogP contribution in [0.2, 0.25) is 0 Å². The van der Waals surface area contributed by atoms with Crippen LogP contribution in [0.1, 0.15) is 5.89 Å². The number of hydrogen-bond donors (Lipinski definition) is 1. The number of fused-ring (bicyclic) bond motifs is 1. The zero-order valence-electron chi connectivity index (χ0n) is 8.36. The molecule has 0 saturated heterocycles. The topological polar surface area (TPSA) is 52.0 Å². The van der Waals surface area contributed by atoms with Gasteiger partial charge in [-0.05, 0) is 12.1 Å². The van der Waals surface area contributed by atoms with Crippen molar-refractivity contribution in [1.82, 2.24) is 4.98 Å². The molecule has 0 bridgehead atoms. The molecule has 0 aliphatic heterocycles. The molecule has 0 atom stereocenters. The highest BCUT2D eigenvalue weighted by Gasteiger charge is 2.62. The summed E-state index contributed by atoms with van der Waals surface area (Å²) in [4.78, 5) is 3.13. The lowest BCUT2D eigenvalue weighted by molar-refractivity contribution is -0.297. The quantitative estimate of drug-likeness (QED) is 0.638. The Hall–Kier alpha value is -1.38. The first-order valence-electron chi connectivity index (χ1n) is 4.43. The minimum Gasteiger partial charge on any atom is -0.432 e. The molecule has 0 aliphatic carbocycles. The van der Waals surface area contributed by atoms with Crippen LogP contribution in [0, 0.1) is 0 Å². The van der Waals surface area contributed by atoms with E-state index in [1.807, 2.05) is 0 Å². The molecular formula is C9H4BrF5N2O. The number of oxazole rings is 1. The lowest BCUT2D eigenvalue weighted by Crippen LogP contribution is -2.33. The summed E-state index contributed by atoms with van der Waals surface area (Å²) in [5.74, 6) is -6.89. The number of anilines is 1. The Morgan fingerprint density at radius 1 is 1.17 bits per heavy atom. The summed E-state index contributed by atoms with van der Waals surface area (Å²) in [6.45, 7) is 0. The third kappa shape index (κ3) is 1.92. The summed E-state index contributed by atoms with van der Waals surface area (Å²) in [5, 5.41) is 0. The molecule has 0 radical (unpaired) electrons. The fraction of sp³-hybridized carbons (Fsp3) is 0.222. The van der Waals surface area contributed by atoms with Crippen molar-refractivity contribution in [3.63, 3.8) is 0 Å². The minimum atomic E-state index is -5.78. The fourth-order valence-corrected chi connectivity index (χ4v) is 1.74. The summed E-state index contributed by atoms with van der Waals surface area (Å²) in [6.07, 6.45) is -5.78. The van der Waals surface area contributed by atoms with E-state index in [1.165, 1.54) is 12.1 Å². The summed E-state index contributed by atoms with van der Waals surface area (Å²) in [7, 11) is 0. The number of alkyl halides is 5. The van der Waals surface area contributed by atoms with Crippen LogP contribution in [-0.4, -0.2) is 11.2 Å². The number of aromatic nitrogens is 1. The lowest BCUT2D eigenvalue weighted by atomic mass is 10.3. The molecule has 2 aromatic rings. The molecule has 1 aromatic carbocycles. The number of nitrogens with zero attached hydrogens (tertiary/aromatic N) is 1. The normalized spacial score (nSPS) is 13.2. The average Bonchev–Trinajstić information content (AvgIpc) is 2.59. The maximum absolute atomic E-state index is 13.0. The van der Waals surface area contributed by atoms with Crippen molar-refractivity contribution in [2.24, 2.45) is 0 Å². The first-order chi connectivity index (χ1) is 8.13. The van der Waals surface area contributed by atoms with Crippen molar-refractivity contribution < 1.29 is 26.4 Å². The maximum atomic E-state index is 13.0. The molecule has 0 fully saturated rings. The van der Waals surface area contributed by atoms with Gasteiger partial charge in [-0.1, -0.05) is 15.9 Å². The second kappa shape index (κ2) is 3.81. The number of nitrogens with two attached hydrogens (primary N) is 1. The predicted octanol–water partition coefficient (Wildman–Crippen LogP) is 3.83. The molecule has 0 amide bonds. The van der Waals surface area contributed by atoms with E-state index in [9.17, 15) is 22.0 Å². The zero-order chi connectivity index (χ0) is 13.7. The van der Waals surface area contributed by atoms with E-state index < -0.39 is 18.0 Å². The second-order valence-corrected chi connectivity index (χ2v) is 4.35. The molecule has 18 heavy (non-hydrogen) atoms. The van der Waals surface area contributed by atoms with Gasteiger partial charge in [0.1, 0.15) is 5.52 Å². The fourth-order valence-electron chi connectivity index (χ4n) is 1.28. The zero-order valence-corrected chi connectivity index (χ0v) is 9.94. The first kappa shape index (κ1) is 13.1. The molecule has 0 aliphatic rings. The Morgan fingerprint density at radius 2 is 1.78 bits per heavy atom. The van der Waals surface area contributed by atoms with Crippen molar-refractivity contribution in [3.8, 4) is 0 Å². The van der Waals surface area contributed by atoms with Gasteiger partial charge in [0, 0.05) is 4.47 Å². The van der Waals surface area contributed by atoms with Crippen LogP contribution in [0.4, 0.5) is 27.6 Å². The van der Waals surface area contributed by atoms with Gasteiger partial charge in [0.2, 0.25) is 0 Å². The average molecular weight is 331 g/mol. The van der Waals surface area contributed by atoms with E-state index in [1.54, 1.807) is 0 Å². The van der Waals surface area contributed by atoms with E-state index in [0.717, 1.165) is 0 Å². The standard InChI is InChI=1S/C9H4BrF5N2O/c10-3-1-4(16)6-5(2-3)17-7(18-6)8(11,12)9(13,14)15/h1-2H,16H2. The summed E-state index contributed by atoms with van der Waals surface area (Å²) in [5.41, 5.74) is 4.86. The van der Waals surface area contributed by atoms with Crippen LogP contribution < -0.4 is 5.73 Å². The third-order valence-electron chi connectivity index (χ3n) is 2.11. The Labute approximate surface area is 105 Å². The monoisotopic (exact) mass is 330 g/mol. The van der Waals surface area contributed by atoms with Crippen molar-refractivity contribution in [3.05, 3.63) is 22.5 Å². The van der Waals surface area contributed by atoms with Crippen LogP contribution in [0.15, 0.2) is 21.0 Å². The van der Waals surface area contributed by atoms with Gasteiger partial charge in [-0.3, -0.25) is 0 Å². The van der Waals surface area contributed by atoms with Crippen LogP contribution in [0.3, 0.4) is 0 Å². The molecule has 2 N–H and O–H groups in total. The highest BCUT2D eigenvalue weighted by molar-refractivity contribution is 9.10. The summed E-state index contributed by atoms with van der Waals surface area (Å²) in [6, 6.07) is 2.54. The van der Waals surface area contributed by atoms with Gasteiger partial charge in [-0.2, -0.15) is 22.0 Å². The van der Waals surface area contributed by atoms with Gasteiger partial charge >= 0.3 is 12.1 Å². The molecule has 9 heteroatoms.